The lowest BCUT2D eigenvalue weighted by molar-refractivity contribution is 0.407. The van der Waals surface area contributed by atoms with Crippen molar-refractivity contribution in [3.05, 3.63) is 18.0 Å². The molecule has 7 heteroatoms. The average Bonchev–Trinajstić information content (AvgIpc) is 3.04. The van der Waals surface area contributed by atoms with Crippen LogP contribution in [0.25, 0.3) is 0 Å². The number of nitrogens with zero attached hydrogens (tertiary/aromatic N) is 2. The summed E-state index contributed by atoms with van der Waals surface area (Å²) in [6.45, 7) is 2.57. The van der Waals surface area contributed by atoms with E-state index in [2.05, 4.69) is 20.8 Å². The highest BCUT2D eigenvalue weighted by atomic mass is 32.2. The second kappa shape index (κ2) is 8.17. The van der Waals surface area contributed by atoms with Crippen molar-refractivity contribution in [3.63, 3.8) is 0 Å². The number of aromatic nitrogens is 1. The van der Waals surface area contributed by atoms with Gasteiger partial charge in [-0.05, 0) is 19.3 Å². The second-order valence-corrected chi connectivity index (χ2v) is 7.22. The van der Waals surface area contributed by atoms with Crippen LogP contribution in [0.15, 0.2) is 21.8 Å². The van der Waals surface area contributed by atoms with E-state index in [-0.39, 0.29) is 0 Å². The fourth-order valence-corrected chi connectivity index (χ4v) is 3.99. The van der Waals surface area contributed by atoms with Crippen LogP contribution >= 0.6 is 0 Å². The fraction of sp³-hybridized carbons (Fsp3) is 0.714. The van der Waals surface area contributed by atoms with Crippen molar-refractivity contribution in [2.45, 2.75) is 50.4 Å². The van der Waals surface area contributed by atoms with Crippen LogP contribution in [-0.4, -0.2) is 39.4 Å². The van der Waals surface area contributed by atoms with Crippen molar-refractivity contribution in [1.82, 2.24) is 15.8 Å². The molecule has 6 nitrogen and oxygen atoms in total. The number of nitrogens with one attached hydrogen (secondary N) is 2. The van der Waals surface area contributed by atoms with Crippen LogP contribution < -0.4 is 10.6 Å². The average molecular weight is 312 g/mol. The van der Waals surface area contributed by atoms with Gasteiger partial charge in [0.1, 0.15) is 12.0 Å². The molecule has 0 radical (unpaired) electrons. The van der Waals surface area contributed by atoms with Crippen molar-refractivity contribution in [3.8, 4) is 0 Å². The molecule has 3 unspecified atom stereocenters. The fourth-order valence-electron chi connectivity index (χ4n) is 2.64. The van der Waals surface area contributed by atoms with E-state index >= 15 is 0 Å². The summed E-state index contributed by atoms with van der Waals surface area (Å²) >= 11 is 0. The maximum atomic E-state index is 12.0. The Balaban J connectivity index is 1.82. The zero-order valence-electron chi connectivity index (χ0n) is 12.7. The van der Waals surface area contributed by atoms with Crippen LogP contribution in [0.1, 0.15) is 38.3 Å². The molecule has 0 aromatic carbocycles. The third kappa shape index (κ3) is 4.84. The first kappa shape index (κ1) is 16.0. The van der Waals surface area contributed by atoms with Crippen molar-refractivity contribution >= 4 is 16.8 Å². The molecule has 1 fully saturated rings. The maximum Gasteiger partial charge on any atom is 0.191 e. The van der Waals surface area contributed by atoms with Gasteiger partial charge in [0.25, 0.3) is 0 Å². The smallest absolute Gasteiger partial charge is 0.191 e. The van der Waals surface area contributed by atoms with Gasteiger partial charge in [-0.1, -0.05) is 18.5 Å². The first-order valence-corrected chi connectivity index (χ1v) is 8.84. The van der Waals surface area contributed by atoms with E-state index in [0.29, 0.717) is 17.8 Å². The molecule has 118 valence electrons. The topological polar surface area (TPSA) is 79.5 Å². The number of hydrogen-bond acceptors (Lipinski definition) is 4. The Kier molecular flexibility index (Phi) is 6.22. The first-order valence-electron chi connectivity index (χ1n) is 7.46. The SMILES string of the molecule is CCS(=O)C1CCCC(NC(=NC)NCc2ccon2)C1. The van der Waals surface area contributed by atoms with Crippen LogP contribution in [-0.2, 0) is 17.3 Å². The van der Waals surface area contributed by atoms with Crippen LogP contribution in [0.2, 0.25) is 0 Å². The molecule has 1 aromatic rings. The minimum Gasteiger partial charge on any atom is -0.364 e. The molecular weight excluding hydrogens is 288 g/mol. The van der Waals surface area contributed by atoms with Gasteiger partial charge in [0, 0.05) is 41.0 Å². The van der Waals surface area contributed by atoms with Gasteiger partial charge in [-0.25, -0.2) is 0 Å². The minimum atomic E-state index is -0.702. The van der Waals surface area contributed by atoms with E-state index in [4.69, 9.17) is 4.52 Å². The zero-order valence-corrected chi connectivity index (χ0v) is 13.5. The third-order valence-electron chi connectivity index (χ3n) is 3.78. The third-order valence-corrected chi connectivity index (χ3v) is 5.52. The van der Waals surface area contributed by atoms with Gasteiger partial charge in [0.2, 0.25) is 0 Å². The molecule has 0 bridgehead atoms. The Hall–Kier alpha value is -1.37. The van der Waals surface area contributed by atoms with Gasteiger partial charge in [0.15, 0.2) is 5.96 Å². The van der Waals surface area contributed by atoms with Crippen LogP contribution in [0.4, 0.5) is 0 Å². The van der Waals surface area contributed by atoms with E-state index < -0.39 is 10.8 Å². The first-order chi connectivity index (χ1) is 10.2. The highest BCUT2D eigenvalue weighted by molar-refractivity contribution is 7.85. The highest BCUT2D eigenvalue weighted by Crippen LogP contribution is 2.22. The predicted molar refractivity (Wildman–Crippen MR) is 84.6 cm³/mol. The Morgan fingerprint density at radius 1 is 1.57 bits per heavy atom. The molecule has 1 heterocycles. The molecule has 1 aromatic heterocycles. The van der Waals surface area contributed by atoms with E-state index in [1.54, 1.807) is 13.3 Å². The lowest BCUT2D eigenvalue weighted by atomic mass is 9.95. The number of guanidine groups is 1. The van der Waals surface area contributed by atoms with Crippen molar-refractivity contribution in [1.29, 1.82) is 0 Å². The molecule has 0 aliphatic heterocycles. The molecule has 1 saturated carbocycles. The summed E-state index contributed by atoms with van der Waals surface area (Å²) < 4.78 is 16.8. The Labute approximate surface area is 128 Å². The molecule has 0 saturated heterocycles. The lowest BCUT2D eigenvalue weighted by Crippen LogP contribution is -2.46. The van der Waals surface area contributed by atoms with E-state index in [1.165, 1.54) is 0 Å². The largest absolute Gasteiger partial charge is 0.364 e. The molecule has 1 aliphatic carbocycles. The van der Waals surface area contributed by atoms with E-state index in [0.717, 1.165) is 43.1 Å². The predicted octanol–water partition coefficient (Wildman–Crippen LogP) is 1.42. The number of hydrogen-bond donors (Lipinski definition) is 2. The van der Waals surface area contributed by atoms with Gasteiger partial charge in [-0.15, -0.1) is 0 Å². The lowest BCUT2D eigenvalue weighted by Gasteiger charge is -2.30. The standard InChI is InChI=1S/C14H24N4O2S/c1-3-21(19)13-6-4-5-11(9-13)17-14(15-2)16-10-12-7-8-20-18-12/h7-8,11,13H,3-6,9-10H2,1-2H3,(H2,15,16,17). The number of aliphatic imine (C=N–C) groups is 1. The van der Waals surface area contributed by atoms with Crippen molar-refractivity contribution < 1.29 is 8.73 Å². The zero-order chi connectivity index (χ0) is 15.1. The highest BCUT2D eigenvalue weighted by Gasteiger charge is 2.25. The summed E-state index contributed by atoms with van der Waals surface area (Å²) in [6, 6.07) is 2.16. The summed E-state index contributed by atoms with van der Waals surface area (Å²) in [4.78, 5) is 4.23. The molecule has 1 aliphatic rings. The minimum absolute atomic E-state index is 0.315. The Bertz CT molecular complexity index is 475. The van der Waals surface area contributed by atoms with Crippen molar-refractivity contribution in [2.75, 3.05) is 12.8 Å². The Morgan fingerprint density at radius 3 is 3.10 bits per heavy atom. The van der Waals surface area contributed by atoms with Gasteiger partial charge >= 0.3 is 0 Å². The van der Waals surface area contributed by atoms with E-state index in [1.807, 2.05) is 13.0 Å². The normalized spacial score (nSPS) is 24.6. The molecule has 0 spiro atoms. The van der Waals surface area contributed by atoms with Crippen LogP contribution in [0.3, 0.4) is 0 Å². The van der Waals surface area contributed by atoms with Crippen molar-refractivity contribution in [2.24, 2.45) is 4.99 Å². The van der Waals surface area contributed by atoms with Gasteiger partial charge in [-0.3, -0.25) is 9.20 Å². The number of rotatable bonds is 5. The Morgan fingerprint density at radius 2 is 2.43 bits per heavy atom. The molecule has 2 rings (SSSR count). The summed E-state index contributed by atoms with van der Waals surface area (Å²) in [6.07, 6.45) is 5.80. The van der Waals surface area contributed by atoms with Gasteiger partial charge < -0.3 is 15.2 Å². The summed E-state index contributed by atoms with van der Waals surface area (Å²) in [5, 5.41) is 10.8. The molecule has 3 atom stereocenters. The van der Waals surface area contributed by atoms with Crippen LogP contribution in [0, 0.1) is 0 Å². The molecule has 2 N–H and O–H groups in total. The molecular formula is C14H24N4O2S. The molecule has 0 amide bonds. The molecule has 21 heavy (non-hydrogen) atoms. The van der Waals surface area contributed by atoms with Gasteiger partial charge in [-0.2, -0.15) is 0 Å². The summed E-state index contributed by atoms with van der Waals surface area (Å²) in [5.74, 6) is 1.50. The second-order valence-electron chi connectivity index (χ2n) is 5.22. The van der Waals surface area contributed by atoms with Crippen LogP contribution in [0.5, 0.6) is 0 Å². The van der Waals surface area contributed by atoms with E-state index in [9.17, 15) is 4.21 Å². The quantitative estimate of drug-likeness (QED) is 0.635. The van der Waals surface area contributed by atoms with Gasteiger partial charge in [0.05, 0.1) is 6.54 Å². The maximum absolute atomic E-state index is 12.0. The summed E-state index contributed by atoms with van der Waals surface area (Å²) in [5.41, 5.74) is 0.839. The monoisotopic (exact) mass is 312 g/mol. The summed E-state index contributed by atoms with van der Waals surface area (Å²) in [7, 11) is 1.05.